The number of rotatable bonds is 3. The van der Waals surface area contributed by atoms with Gasteiger partial charge in [0.25, 0.3) is 5.91 Å². The summed E-state index contributed by atoms with van der Waals surface area (Å²) in [5.41, 5.74) is 0.0520. The van der Waals surface area contributed by atoms with Crippen molar-refractivity contribution in [1.82, 2.24) is 14.9 Å². The molecule has 2 rings (SSSR count). The number of aromatic nitrogens is 2. The summed E-state index contributed by atoms with van der Waals surface area (Å²) < 4.78 is 0. The lowest BCUT2D eigenvalue weighted by Crippen LogP contribution is -2.29. The molecule has 1 atom stereocenters. The van der Waals surface area contributed by atoms with Crippen molar-refractivity contribution in [2.24, 2.45) is 5.92 Å². The van der Waals surface area contributed by atoms with Crippen molar-refractivity contribution >= 4 is 11.9 Å². The smallest absolute Gasteiger partial charge is 0.356 e. The maximum atomic E-state index is 12.1. The van der Waals surface area contributed by atoms with Gasteiger partial charge in [-0.25, -0.2) is 14.8 Å². The monoisotopic (exact) mass is 249 g/mol. The summed E-state index contributed by atoms with van der Waals surface area (Å²) in [4.78, 5) is 32.0. The van der Waals surface area contributed by atoms with Gasteiger partial charge in [-0.05, 0) is 12.3 Å². The van der Waals surface area contributed by atoms with Gasteiger partial charge in [0, 0.05) is 13.1 Å². The fourth-order valence-corrected chi connectivity index (χ4v) is 2.06. The normalized spacial score (nSPS) is 18.9. The molecule has 1 N–H and O–H groups in total. The van der Waals surface area contributed by atoms with Crippen LogP contribution in [0.3, 0.4) is 0 Å². The Balaban J connectivity index is 2.07. The molecule has 0 aromatic carbocycles. The van der Waals surface area contributed by atoms with Crippen molar-refractivity contribution in [1.29, 1.82) is 0 Å². The summed E-state index contributed by atoms with van der Waals surface area (Å²) in [6, 6.07) is 0. The number of likely N-dealkylation sites (tertiary alicyclic amines) is 1. The second-order valence-electron chi connectivity index (χ2n) is 4.41. The van der Waals surface area contributed by atoms with E-state index in [2.05, 4.69) is 16.9 Å². The van der Waals surface area contributed by atoms with E-state index in [0.717, 1.165) is 32.1 Å². The van der Waals surface area contributed by atoms with Crippen LogP contribution in [-0.2, 0) is 0 Å². The largest absolute Gasteiger partial charge is 0.476 e. The Morgan fingerprint density at radius 1 is 1.39 bits per heavy atom. The quantitative estimate of drug-likeness (QED) is 0.865. The summed E-state index contributed by atoms with van der Waals surface area (Å²) in [7, 11) is 0. The van der Waals surface area contributed by atoms with Crippen molar-refractivity contribution < 1.29 is 14.7 Å². The lowest BCUT2D eigenvalue weighted by atomic mass is 10.1. The van der Waals surface area contributed by atoms with Crippen molar-refractivity contribution in [3.05, 3.63) is 23.8 Å². The standard InChI is InChI=1S/C12H15N3O3/c1-2-8-3-4-15(7-8)11(16)9-5-14-10(6-13-9)12(17)18/h5-6,8H,2-4,7H2,1H3,(H,17,18). The summed E-state index contributed by atoms with van der Waals surface area (Å²) in [6.45, 7) is 3.59. The number of carboxylic acid groups (broad SMARTS) is 1. The van der Waals surface area contributed by atoms with Gasteiger partial charge in [-0.3, -0.25) is 4.79 Å². The van der Waals surface area contributed by atoms with E-state index in [1.807, 2.05) is 0 Å². The number of nitrogens with zero attached hydrogens (tertiary/aromatic N) is 3. The minimum atomic E-state index is -1.14. The Morgan fingerprint density at radius 3 is 2.56 bits per heavy atom. The fourth-order valence-electron chi connectivity index (χ4n) is 2.06. The van der Waals surface area contributed by atoms with Gasteiger partial charge in [0.15, 0.2) is 5.69 Å². The van der Waals surface area contributed by atoms with Crippen LogP contribution >= 0.6 is 0 Å². The van der Waals surface area contributed by atoms with Crippen LogP contribution in [-0.4, -0.2) is 44.9 Å². The van der Waals surface area contributed by atoms with Crippen molar-refractivity contribution in [2.45, 2.75) is 19.8 Å². The minimum Gasteiger partial charge on any atom is -0.476 e. The molecule has 1 aromatic rings. The Hall–Kier alpha value is -1.98. The average Bonchev–Trinajstić information content (AvgIpc) is 2.86. The number of carbonyl (C=O) groups excluding carboxylic acids is 1. The van der Waals surface area contributed by atoms with Crippen molar-refractivity contribution in [3.63, 3.8) is 0 Å². The predicted molar refractivity (Wildman–Crippen MR) is 63.3 cm³/mol. The lowest BCUT2D eigenvalue weighted by molar-refractivity contribution is 0.0687. The van der Waals surface area contributed by atoms with E-state index in [9.17, 15) is 9.59 Å². The van der Waals surface area contributed by atoms with Crippen LogP contribution in [0.2, 0.25) is 0 Å². The molecule has 1 aromatic heterocycles. The van der Waals surface area contributed by atoms with Gasteiger partial charge in [-0.15, -0.1) is 0 Å². The third-order valence-electron chi connectivity index (χ3n) is 3.24. The van der Waals surface area contributed by atoms with E-state index in [0.29, 0.717) is 5.92 Å². The molecule has 0 radical (unpaired) electrons. The average molecular weight is 249 g/mol. The molecule has 0 spiro atoms. The molecular weight excluding hydrogens is 234 g/mol. The second-order valence-corrected chi connectivity index (χ2v) is 4.41. The lowest BCUT2D eigenvalue weighted by Gasteiger charge is -2.15. The number of carbonyl (C=O) groups is 2. The topological polar surface area (TPSA) is 83.4 Å². The summed E-state index contributed by atoms with van der Waals surface area (Å²) in [6.07, 6.45) is 4.42. The van der Waals surface area contributed by atoms with E-state index in [-0.39, 0.29) is 17.3 Å². The van der Waals surface area contributed by atoms with Gasteiger partial charge in [0.2, 0.25) is 0 Å². The third kappa shape index (κ3) is 2.47. The van der Waals surface area contributed by atoms with Crippen LogP contribution in [0.25, 0.3) is 0 Å². The molecule has 0 aliphatic carbocycles. The Labute approximate surface area is 105 Å². The van der Waals surface area contributed by atoms with Gasteiger partial charge in [-0.1, -0.05) is 13.3 Å². The van der Waals surface area contributed by atoms with Crippen LogP contribution in [0.5, 0.6) is 0 Å². The van der Waals surface area contributed by atoms with Crippen LogP contribution in [0.4, 0.5) is 0 Å². The van der Waals surface area contributed by atoms with Gasteiger partial charge >= 0.3 is 5.97 Å². The van der Waals surface area contributed by atoms with E-state index in [4.69, 9.17) is 5.11 Å². The number of amides is 1. The van der Waals surface area contributed by atoms with Crippen molar-refractivity contribution in [2.75, 3.05) is 13.1 Å². The summed E-state index contributed by atoms with van der Waals surface area (Å²) in [5.74, 6) is -0.760. The first-order valence-corrected chi connectivity index (χ1v) is 5.96. The molecule has 2 heterocycles. The van der Waals surface area contributed by atoms with Crippen LogP contribution in [0.1, 0.15) is 40.7 Å². The van der Waals surface area contributed by atoms with Gasteiger partial charge in [0.1, 0.15) is 5.69 Å². The zero-order valence-electron chi connectivity index (χ0n) is 10.2. The van der Waals surface area contributed by atoms with E-state index in [1.54, 1.807) is 4.90 Å². The molecule has 1 unspecified atom stereocenters. The third-order valence-corrected chi connectivity index (χ3v) is 3.24. The van der Waals surface area contributed by atoms with Crippen LogP contribution in [0, 0.1) is 5.92 Å². The molecule has 1 aliphatic rings. The first kappa shape index (κ1) is 12.5. The zero-order chi connectivity index (χ0) is 13.1. The number of hydrogen-bond donors (Lipinski definition) is 1. The molecule has 6 heteroatoms. The molecule has 1 aliphatic heterocycles. The molecule has 18 heavy (non-hydrogen) atoms. The molecule has 96 valence electrons. The maximum absolute atomic E-state index is 12.1. The minimum absolute atomic E-state index is 0.153. The van der Waals surface area contributed by atoms with Gasteiger partial charge in [0.05, 0.1) is 12.4 Å². The SMILES string of the molecule is CCC1CCN(C(=O)c2cnc(C(=O)O)cn2)C1. The highest BCUT2D eigenvalue weighted by Gasteiger charge is 2.26. The molecular formula is C12H15N3O3. The molecule has 1 amide bonds. The van der Waals surface area contributed by atoms with E-state index >= 15 is 0 Å². The zero-order valence-corrected chi connectivity index (χ0v) is 10.2. The second kappa shape index (κ2) is 5.12. The molecule has 0 saturated carbocycles. The maximum Gasteiger partial charge on any atom is 0.356 e. The summed E-state index contributed by atoms with van der Waals surface area (Å²) in [5, 5.41) is 8.69. The Bertz CT molecular complexity index is 458. The molecule has 6 nitrogen and oxygen atoms in total. The van der Waals surface area contributed by atoms with Crippen LogP contribution in [0.15, 0.2) is 12.4 Å². The van der Waals surface area contributed by atoms with E-state index in [1.165, 1.54) is 6.20 Å². The highest BCUT2D eigenvalue weighted by Crippen LogP contribution is 2.20. The molecule has 1 saturated heterocycles. The number of carboxylic acids is 1. The number of hydrogen-bond acceptors (Lipinski definition) is 4. The Morgan fingerprint density at radius 2 is 2.06 bits per heavy atom. The van der Waals surface area contributed by atoms with Crippen LogP contribution < -0.4 is 0 Å². The Kier molecular flexibility index (Phi) is 3.55. The number of aromatic carboxylic acids is 1. The van der Waals surface area contributed by atoms with Gasteiger partial charge in [-0.2, -0.15) is 0 Å². The highest BCUT2D eigenvalue weighted by atomic mass is 16.4. The molecule has 1 fully saturated rings. The first-order chi connectivity index (χ1) is 8.61. The predicted octanol–water partition coefficient (Wildman–Crippen LogP) is 1.05. The highest BCUT2D eigenvalue weighted by molar-refractivity contribution is 5.92. The fraction of sp³-hybridized carbons (Fsp3) is 0.500. The first-order valence-electron chi connectivity index (χ1n) is 5.96. The van der Waals surface area contributed by atoms with Crippen molar-refractivity contribution in [3.8, 4) is 0 Å². The molecule has 0 bridgehead atoms. The van der Waals surface area contributed by atoms with E-state index < -0.39 is 5.97 Å². The summed E-state index contributed by atoms with van der Waals surface area (Å²) >= 11 is 0. The van der Waals surface area contributed by atoms with Gasteiger partial charge < -0.3 is 10.0 Å².